The number of imide groups is 1. The molecule has 0 aliphatic carbocycles. The monoisotopic (exact) mass is 411 g/mol. The summed E-state index contributed by atoms with van der Waals surface area (Å²) in [5, 5.41) is 0.703. The van der Waals surface area contributed by atoms with E-state index in [0.717, 1.165) is 11.3 Å². The summed E-state index contributed by atoms with van der Waals surface area (Å²) in [5.41, 5.74) is 2.28. The number of halogens is 1. The van der Waals surface area contributed by atoms with Gasteiger partial charge in [0.2, 0.25) is 11.8 Å². The number of benzene rings is 2. The summed E-state index contributed by atoms with van der Waals surface area (Å²) in [6, 6.07) is 14.8. The Morgan fingerprint density at radius 2 is 1.62 bits per heavy atom. The van der Waals surface area contributed by atoms with Crippen molar-refractivity contribution >= 4 is 35.0 Å². The predicted molar refractivity (Wildman–Crippen MR) is 111 cm³/mol. The Hall–Kier alpha value is -2.86. The van der Waals surface area contributed by atoms with Gasteiger partial charge >= 0.3 is 0 Å². The molecule has 2 aromatic rings. The summed E-state index contributed by atoms with van der Waals surface area (Å²) in [6.07, 6.45) is 0.346. The first-order chi connectivity index (χ1) is 14.0. The predicted octanol–water partition coefficient (Wildman–Crippen LogP) is 2.60. The molecule has 1 saturated heterocycles. The second kappa shape index (κ2) is 8.25. The van der Waals surface area contributed by atoms with Crippen molar-refractivity contribution in [3.63, 3.8) is 0 Å². The third-order valence-electron chi connectivity index (χ3n) is 5.51. The number of rotatable bonds is 4. The van der Waals surface area contributed by atoms with Gasteiger partial charge in [-0.25, -0.2) is 0 Å². The maximum absolute atomic E-state index is 12.6. The van der Waals surface area contributed by atoms with Crippen molar-refractivity contribution in [2.45, 2.75) is 12.8 Å². The van der Waals surface area contributed by atoms with E-state index in [-0.39, 0.29) is 37.1 Å². The van der Waals surface area contributed by atoms with Gasteiger partial charge in [-0.05, 0) is 23.8 Å². The minimum Gasteiger partial charge on any atom is -0.367 e. The van der Waals surface area contributed by atoms with Crippen LogP contribution in [0.1, 0.15) is 22.3 Å². The number of para-hydroxylation sites is 1. The van der Waals surface area contributed by atoms with Gasteiger partial charge in [0.25, 0.3) is 5.91 Å². The Kier molecular flexibility index (Phi) is 5.53. The standard InChI is InChI=1S/C22H22ClN3O3/c23-18-7-3-4-8-19(18)24-11-13-25(14-12-24)20(27)9-10-26-21(28)15-16-5-1-2-6-17(16)22(26)29/h1-8H,9-15H2. The maximum Gasteiger partial charge on any atom is 0.260 e. The summed E-state index contributed by atoms with van der Waals surface area (Å²) in [6.45, 7) is 2.70. The van der Waals surface area contributed by atoms with Crippen molar-refractivity contribution in [2.75, 3.05) is 37.6 Å². The first-order valence-corrected chi connectivity index (χ1v) is 10.1. The fourth-order valence-electron chi connectivity index (χ4n) is 3.90. The first-order valence-electron chi connectivity index (χ1n) is 9.74. The van der Waals surface area contributed by atoms with Crippen LogP contribution in [0.2, 0.25) is 5.02 Å². The molecule has 150 valence electrons. The quantitative estimate of drug-likeness (QED) is 0.725. The SMILES string of the molecule is O=C(CCN1C(=O)Cc2ccccc2C1=O)N1CCN(c2ccccc2Cl)CC1. The summed E-state index contributed by atoms with van der Waals surface area (Å²) < 4.78 is 0. The molecule has 0 unspecified atom stereocenters. The molecule has 0 aromatic heterocycles. The molecule has 3 amide bonds. The van der Waals surface area contributed by atoms with Crippen molar-refractivity contribution in [2.24, 2.45) is 0 Å². The number of nitrogens with zero attached hydrogens (tertiary/aromatic N) is 3. The molecule has 4 rings (SSSR count). The lowest BCUT2D eigenvalue weighted by Gasteiger charge is -2.37. The van der Waals surface area contributed by atoms with Crippen LogP contribution in [0.15, 0.2) is 48.5 Å². The molecule has 2 heterocycles. The molecule has 0 radical (unpaired) electrons. The Bertz CT molecular complexity index is 954. The highest BCUT2D eigenvalue weighted by Crippen LogP contribution is 2.26. The minimum atomic E-state index is -0.312. The van der Waals surface area contributed by atoms with Crippen LogP contribution in [0.4, 0.5) is 5.69 Å². The molecule has 0 bridgehead atoms. The van der Waals surface area contributed by atoms with Crippen LogP contribution in [-0.2, 0) is 16.0 Å². The molecule has 0 N–H and O–H groups in total. The molecule has 29 heavy (non-hydrogen) atoms. The van der Waals surface area contributed by atoms with Crippen molar-refractivity contribution in [3.8, 4) is 0 Å². The van der Waals surface area contributed by atoms with Gasteiger partial charge in [-0.2, -0.15) is 0 Å². The second-order valence-electron chi connectivity index (χ2n) is 7.25. The van der Waals surface area contributed by atoms with Gasteiger partial charge in [0.1, 0.15) is 0 Å². The third kappa shape index (κ3) is 3.98. The van der Waals surface area contributed by atoms with E-state index in [4.69, 9.17) is 11.6 Å². The molecule has 1 fully saturated rings. The highest BCUT2D eigenvalue weighted by Gasteiger charge is 2.31. The molecular formula is C22H22ClN3O3. The van der Waals surface area contributed by atoms with Crippen molar-refractivity contribution in [1.29, 1.82) is 0 Å². The van der Waals surface area contributed by atoms with Gasteiger partial charge < -0.3 is 9.80 Å². The van der Waals surface area contributed by atoms with Gasteiger partial charge in [-0.3, -0.25) is 19.3 Å². The molecule has 2 aromatic carbocycles. The van der Waals surface area contributed by atoms with Crippen LogP contribution < -0.4 is 4.90 Å². The zero-order chi connectivity index (χ0) is 20.4. The molecule has 0 atom stereocenters. The number of carbonyl (C=O) groups excluding carboxylic acids is 3. The number of fused-ring (bicyclic) bond motifs is 1. The number of carbonyl (C=O) groups is 3. The highest BCUT2D eigenvalue weighted by molar-refractivity contribution is 6.33. The highest BCUT2D eigenvalue weighted by atomic mass is 35.5. The lowest BCUT2D eigenvalue weighted by Crippen LogP contribution is -2.50. The van der Waals surface area contributed by atoms with E-state index in [1.54, 1.807) is 23.1 Å². The number of anilines is 1. The van der Waals surface area contributed by atoms with E-state index >= 15 is 0 Å². The number of amides is 3. The molecule has 7 heteroatoms. The van der Waals surface area contributed by atoms with Crippen molar-refractivity contribution in [1.82, 2.24) is 9.80 Å². The number of hydrogen-bond acceptors (Lipinski definition) is 4. The van der Waals surface area contributed by atoms with E-state index in [0.29, 0.717) is 36.8 Å². The molecule has 2 aliphatic rings. The average molecular weight is 412 g/mol. The molecule has 6 nitrogen and oxygen atoms in total. The fraction of sp³-hybridized carbons (Fsp3) is 0.318. The van der Waals surface area contributed by atoms with Crippen molar-refractivity contribution < 1.29 is 14.4 Å². The van der Waals surface area contributed by atoms with Crippen LogP contribution in [-0.4, -0.2) is 60.2 Å². The van der Waals surface area contributed by atoms with E-state index in [1.807, 2.05) is 30.3 Å². The lowest BCUT2D eigenvalue weighted by molar-refractivity contribution is -0.133. The molecule has 2 aliphatic heterocycles. The Labute approximate surface area is 174 Å². The molecular weight excluding hydrogens is 390 g/mol. The summed E-state index contributed by atoms with van der Waals surface area (Å²) in [7, 11) is 0. The number of piperazine rings is 1. The van der Waals surface area contributed by atoms with Crippen LogP contribution in [0.25, 0.3) is 0 Å². The smallest absolute Gasteiger partial charge is 0.260 e. The molecule has 0 saturated carbocycles. The third-order valence-corrected chi connectivity index (χ3v) is 5.83. The second-order valence-corrected chi connectivity index (χ2v) is 7.66. The van der Waals surface area contributed by atoms with Gasteiger partial charge in [-0.15, -0.1) is 0 Å². The van der Waals surface area contributed by atoms with Crippen LogP contribution >= 0.6 is 11.6 Å². The average Bonchev–Trinajstić information content (AvgIpc) is 2.74. The minimum absolute atomic E-state index is 0.0386. The first kappa shape index (κ1) is 19.5. The normalized spacial score (nSPS) is 16.8. The van der Waals surface area contributed by atoms with Crippen LogP contribution in [0.3, 0.4) is 0 Å². The van der Waals surface area contributed by atoms with Gasteiger partial charge in [0, 0.05) is 44.7 Å². The van der Waals surface area contributed by atoms with Gasteiger partial charge in [0.15, 0.2) is 0 Å². The lowest BCUT2D eigenvalue weighted by atomic mass is 9.98. The van der Waals surface area contributed by atoms with E-state index in [2.05, 4.69) is 4.90 Å². The Balaban J connectivity index is 1.32. The summed E-state index contributed by atoms with van der Waals surface area (Å²) >= 11 is 6.26. The Morgan fingerprint density at radius 1 is 0.931 bits per heavy atom. The largest absolute Gasteiger partial charge is 0.367 e. The van der Waals surface area contributed by atoms with Gasteiger partial charge in [-0.1, -0.05) is 41.9 Å². The van der Waals surface area contributed by atoms with E-state index in [1.165, 1.54) is 4.90 Å². The summed E-state index contributed by atoms with van der Waals surface area (Å²) in [4.78, 5) is 42.8. The maximum atomic E-state index is 12.6. The molecule has 0 spiro atoms. The van der Waals surface area contributed by atoms with Gasteiger partial charge in [0.05, 0.1) is 17.1 Å². The topological polar surface area (TPSA) is 60.9 Å². The number of hydrogen-bond donors (Lipinski definition) is 0. The summed E-state index contributed by atoms with van der Waals surface area (Å²) in [5.74, 6) is -0.596. The van der Waals surface area contributed by atoms with Crippen LogP contribution in [0, 0.1) is 0 Å². The zero-order valence-corrected chi connectivity index (χ0v) is 16.8. The van der Waals surface area contributed by atoms with Crippen molar-refractivity contribution in [3.05, 3.63) is 64.7 Å². The fourth-order valence-corrected chi connectivity index (χ4v) is 4.15. The van der Waals surface area contributed by atoms with E-state index < -0.39 is 0 Å². The Morgan fingerprint density at radius 3 is 2.38 bits per heavy atom. The zero-order valence-electron chi connectivity index (χ0n) is 16.0. The van der Waals surface area contributed by atoms with E-state index in [9.17, 15) is 14.4 Å². The van der Waals surface area contributed by atoms with Crippen LogP contribution in [0.5, 0.6) is 0 Å².